The Bertz CT molecular complexity index is 914. The standard InChI is InChI=1S/C18H15Cl2F2N3O/c1-24-13-3-2-10(19)8-11(13)18(25-4-6-26-7-5-25)23-17-14(24)9-12(21)15(20)16(17)22/h2-3,8-9H,4-7H2,1H3. The van der Waals surface area contributed by atoms with Crippen molar-refractivity contribution in [2.75, 3.05) is 38.3 Å². The third-order valence-electron chi connectivity index (χ3n) is 4.57. The normalized spacial score (nSPS) is 16.7. The smallest absolute Gasteiger partial charge is 0.172 e. The topological polar surface area (TPSA) is 28.1 Å². The van der Waals surface area contributed by atoms with Gasteiger partial charge in [0.15, 0.2) is 5.82 Å². The minimum absolute atomic E-state index is 0.00714. The Hall–Kier alpha value is -1.89. The van der Waals surface area contributed by atoms with Crippen LogP contribution in [0.25, 0.3) is 0 Å². The van der Waals surface area contributed by atoms with Crippen LogP contribution >= 0.6 is 23.2 Å². The average Bonchev–Trinajstić information content (AvgIpc) is 2.76. The quantitative estimate of drug-likeness (QED) is 0.599. The molecule has 136 valence electrons. The van der Waals surface area contributed by atoms with E-state index in [-0.39, 0.29) is 5.69 Å². The number of halogens is 4. The number of fused-ring (bicyclic) bond motifs is 2. The van der Waals surface area contributed by atoms with Gasteiger partial charge in [-0.2, -0.15) is 0 Å². The molecule has 2 aliphatic rings. The zero-order chi connectivity index (χ0) is 18.4. The number of anilines is 2. The van der Waals surface area contributed by atoms with Gasteiger partial charge < -0.3 is 14.5 Å². The van der Waals surface area contributed by atoms with Gasteiger partial charge in [0.1, 0.15) is 22.4 Å². The molecule has 0 amide bonds. The molecule has 4 nitrogen and oxygen atoms in total. The Morgan fingerprint density at radius 2 is 1.81 bits per heavy atom. The molecular formula is C18H15Cl2F2N3O. The van der Waals surface area contributed by atoms with Crippen molar-refractivity contribution in [2.24, 2.45) is 4.99 Å². The van der Waals surface area contributed by atoms with E-state index in [4.69, 9.17) is 27.9 Å². The first kappa shape index (κ1) is 17.5. The summed E-state index contributed by atoms with van der Waals surface area (Å²) in [6.45, 7) is 2.31. The minimum atomic E-state index is -0.877. The Balaban J connectivity index is 2.00. The molecule has 0 radical (unpaired) electrons. The maximum Gasteiger partial charge on any atom is 0.172 e. The lowest BCUT2D eigenvalue weighted by Crippen LogP contribution is -2.41. The van der Waals surface area contributed by atoms with Crippen molar-refractivity contribution in [3.8, 4) is 0 Å². The largest absolute Gasteiger partial charge is 0.378 e. The summed E-state index contributed by atoms with van der Waals surface area (Å²) in [7, 11) is 1.73. The van der Waals surface area contributed by atoms with Gasteiger partial charge in [-0.25, -0.2) is 13.8 Å². The third kappa shape index (κ3) is 2.82. The summed E-state index contributed by atoms with van der Waals surface area (Å²) in [5, 5.41) is -0.0278. The maximum absolute atomic E-state index is 14.8. The monoisotopic (exact) mass is 397 g/mol. The summed E-state index contributed by atoms with van der Waals surface area (Å²) in [6, 6.07) is 6.53. The minimum Gasteiger partial charge on any atom is -0.378 e. The predicted molar refractivity (Wildman–Crippen MR) is 99.5 cm³/mol. The fourth-order valence-corrected chi connectivity index (χ4v) is 3.54. The summed E-state index contributed by atoms with van der Waals surface area (Å²) in [5.74, 6) is -1.13. The lowest BCUT2D eigenvalue weighted by molar-refractivity contribution is 0.0683. The van der Waals surface area contributed by atoms with Gasteiger partial charge in [0.2, 0.25) is 0 Å². The molecule has 0 bridgehead atoms. The molecule has 0 aromatic heterocycles. The molecule has 0 unspecified atom stereocenters. The molecule has 2 aliphatic heterocycles. The van der Waals surface area contributed by atoms with Gasteiger partial charge in [0.25, 0.3) is 0 Å². The number of benzene rings is 2. The van der Waals surface area contributed by atoms with E-state index in [2.05, 4.69) is 4.99 Å². The van der Waals surface area contributed by atoms with E-state index < -0.39 is 16.7 Å². The van der Waals surface area contributed by atoms with E-state index in [1.807, 2.05) is 11.0 Å². The Morgan fingerprint density at radius 3 is 2.54 bits per heavy atom. The number of aliphatic imine (C=N–C) groups is 1. The van der Waals surface area contributed by atoms with E-state index in [0.29, 0.717) is 42.8 Å². The van der Waals surface area contributed by atoms with Gasteiger partial charge in [0, 0.05) is 36.8 Å². The van der Waals surface area contributed by atoms with Gasteiger partial charge in [-0.15, -0.1) is 0 Å². The first-order valence-electron chi connectivity index (χ1n) is 8.10. The van der Waals surface area contributed by atoms with Crippen LogP contribution in [0.5, 0.6) is 0 Å². The van der Waals surface area contributed by atoms with Crippen LogP contribution in [-0.4, -0.2) is 44.1 Å². The van der Waals surface area contributed by atoms with E-state index >= 15 is 0 Å². The van der Waals surface area contributed by atoms with Crippen LogP contribution in [0.3, 0.4) is 0 Å². The van der Waals surface area contributed by atoms with Crippen molar-refractivity contribution < 1.29 is 13.5 Å². The molecule has 0 spiro atoms. The van der Waals surface area contributed by atoms with Gasteiger partial charge in [-0.3, -0.25) is 0 Å². The number of ether oxygens (including phenoxy) is 1. The number of nitrogens with zero attached hydrogens (tertiary/aromatic N) is 3. The van der Waals surface area contributed by atoms with Crippen LogP contribution in [-0.2, 0) is 4.74 Å². The number of rotatable bonds is 0. The van der Waals surface area contributed by atoms with Crippen molar-refractivity contribution in [1.82, 2.24) is 4.90 Å². The molecule has 0 aliphatic carbocycles. The highest BCUT2D eigenvalue weighted by molar-refractivity contribution is 6.32. The molecule has 0 N–H and O–H groups in total. The van der Waals surface area contributed by atoms with Crippen molar-refractivity contribution in [1.29, 1.82) is 0 Å². The summed E-state index contributed by atoms with van der Waals surface area (Å²) in [6.07, 6.45) is 0. The van der Waals surface area contributed by atoms with E-state index in [0.717, 1.165) is 11.3 Å². The lowest BCUT2D eigenvalue weighted by atomic mass is 10.1. The zero-order valence-corrected chi connectivity index (χ0v) is 15.4. The predicted octanol–water partition coefficient (Wildman–Crippen LogP) is 4.76. The first-order valence-corrected chi connectivity index (χ1v) is 8.85. The zero-order valence-electron chi connectivity index (χ0n) is 13.9. The highest BCUT2D eigenvalue weighted by Crippen LogP contribution is 2.44. The van der Waals surface area contributed by atoms with Crippen molar-refractivity contribution in [2.45, 2.75) is 0 Å². The molecular weight excluding hydrogens is 383 g/mol. The molecule has 1 fully saturated rings. The highest BCUT2D eigenvalue weighted by atomic mass is 35.5. The Labute approximate surface area is 159 Å². The second kappa shape index (κ2) is 6.68. The van der Waals surface area contributed by atoms with Crippen LogP contribution in [0.1, 0.15) is 5.56 Å². The molecule has 8 heteroatoms. The third-order valence-corrected chi connectivity index (χ3v) is 5.15. The number of morpholine rings is 1. The second-order valence-electron chi connectivity index (χ2n) is 6.11. The summed E-state index contributed by atoms with van der Waals surface area (Å²) in [4.78, 5) is 8.26. The van der Waals surface area contributed by atoms with E-state index in [9.17, 15) is 8.78 Å². The van der Waals surface area contributed by atoms with Crippen LogP contribution in [0.4, 0.5) is 25.8 Å². The second-order valence-corrected chi connectivity index (χ2v) is 6.92. The first-order chi connectivity index (χ1) is 12.5. The van der Waals surface area contributed by atoms with Crippen molar-refractivity contribution in [3.63, 3.8) is 0 Å². The van der Waals surface area contributed by atoms with E-state index in [1.165, 1.54) is 6.07 Å². The van der Waals surface area contributed by atoms with Crippen LogP contribution in [0.2, 0.25) is 10.0 Å². The molecule has 4 rings (SSSR count). The van der Waals surface area contributed by atoms with Gasteiger partial charge in [-0.05, 0) is 18.2 Å². The molecule has 1 saturated heterocycles. The SMILES string of the molecule is CN1c2ccc(Cl)cc2C(N2CCOCC2)=Nc2c1cc(F)c(Cl)c2F. The van der Waals surface area contributed by atoms with E-state index in [1.54, 1.807) is 24.1 Å². The molecule has 0 saturated carbocycles. The number of amidine groups is 1. The summed E-state index contributed by atoms with van der Waals surface area (Å²) < 4.78 is 34.2. The summed E-state index contributed by atoms with van der Waals surface area (Å²) in [5.41, 5.74) is 1.80. The molecule has 2 aromatic carbocycles. The number of hydrogen-bond acceptors (Lipinski definition) is 4. The molecule has 2 aromatic rings. The highest BCUT2D eigenvalue weighted by Gasteiger charge is 2.29. The van der Waals surface area contributed by atoms with Crippen LogP contribution in [0, 0.1) is 11.6 Å². The maximum atomic E-state index is 14.8. The van der Waals surface area contributed by atoms with Gasteiger partial charge in [-0.1, -0.05) is 23.2 Å². The fourth-order valence-electron chi connectivity index (χ4n) is 3.23. The van der Waals surface area contributed by atoms with Gasteiger partial charge >= 0.3 is 0 Å². The molecule has 2 heterocycles. The van der Waals surface area contributed by atoms with Gasteiger partial charge in [0.05, 0.1) is 24.6 Å². The molecule has 26 heavy (non-hydrogen) atoms. The summed E-state index contributed by atoms with van der Waals surface area (Å²) >= 11 is 12.0. The van der Waals surface area contributed by atoms with Crippen molar-refractivity contribution >= 4 is 46.1 Å². The Morgan fingerprint density at radius 1 is 1.08 bits per heavy atom. The van der Waals surface area contributed by atoms with Crippen molar-refractivity contribution in [3.05, 3.63) is 51.5 Å². The van der Waals surface area contributed by atoms with Crippen LogP contribution in [0.15, 0.2) is 29.3 Å². The number of hydrogen-bond donors (Lipinski definition) is 0. The fraction of sp³-hybridized carbons (Fsp3) is 0.278. The molecule has 0 atom stereocenters. The van der Waals surface area contributed by atoms with Crippen LogP contribution < -0.4 is 4.90 Å². The Kier molecular flexibility index (Phi) is 4.50. The average molecular weight is 398 g/mol. The lowest BCUT2D eigenvalue weighted by Gasteiger charge is -2.30.